The Morgan fingerprint density at radius 3 is 2.55 bits per heavy atom. The zero-order valence-electron chi connectivity index (χ0n) is 12.3. The largest absolute Gasteiger partial charge is 0.377 e. The summed E-state index contributed by atoms with van der Waals surface area (Å²) in [4.78, 5) is 1.41. The summed E-state index contributed by atoms with van der Waals surface area (Å²) < 4.78 is 5.54. The van der Waals surface area contributed by atoms with Crippen molar-refractivity contribution < 1.29 is 4.74 Å². The molecule has 1 unspecified atom stereocenters. The minimum Gasteiger partial charge on any atom is -0.377 e. The normalized spacial score (nSPS) is 12.5. The van der Waals surface area contributed by atoms with Gasteiger partial charge in [-0.25, -0.2) is 0 Å². The van der Waals surface area contributed by atoms with Crippen LogP contribution < -0.4 is 5.32 Å². The van der Waals surface area contributed by atoms with E-state index in [1.165, 1.54) is 16.0 Å². The molecule has 2 nitrogen and oxygen atoms in total. The lowest BCUT2D eigenvalue weighted by molar-refractivity contribution is 0.133. The fraction of sp³-hybridized carbons (Fsp3) is 0.412. The molecule has 0 fully saturated rings. The molecule has 0 bridgehead atoms. The van der Waals surface area contributed by atoms with Crippen LogP contribution in [0, 0.1) is 0 Å². The van der Waals surface area contributed by atoms with Gasteiger partial charge in [0.05, 0.1) is 6.61 Å². The molecule has 20 heavy (non-hydrogen) atoms. The molecule has 0 saturated carbocycles. The maximum Gasteiger partial charge on any atom is 0.0719 e. The van der Waals surface area contributed by atoms with Crippen molar-refractivity contribution in [1.29, 1.82) is 0 Å². The molecular formula is C17H23NOS. The zero-order valence-corrected chi connectivity index (χ0v) is 13.1. The van der Waals surface area contributed by atoms with Crippen LogP contribution in [-0.4, -0.2) is 6.61 Å². The summed E-state index contributed by atoms with van der Waals surface area (Å²) in [5.41, 5.74) is 2.61. The third-order valence-corrected chi connectivity index (χ3v) is 4.40. The Balaban J connectivity index is 1.99. The summed E-state index contributed by atoms with van der Waals surface area (Å²) in [6.45, 7) is 6.60. The molecular weight excluding hydrogens is 266 g/mol. The maximum atomic E-state index is 5.54. The van der Waals surface area contributed by atoms with Crippen molar-refractivity contribution in [3.8, 4) is 0 Å². The summed E-state index contributed by atoms with van der Waals surface area (Å²) in [5, 5.41) is 5.80. The number of benzene rings is 1. The van der Waals surface area contributed by atoms with Gasteiger partial charge in [-0.15, -0.1) is 11.3 Å². The van der Waals surface area contributed by atoms with E-state index in [-0.39, 0.29) is 0 Å². The van der Waals surface area contributed by atoms with Crippen molar-refractivity contribution >= 4 is 11.3 Å². The van der Waals surface area contributed by atoms with Crippen molar-refractivity contribution in [3.63, 3.8) is 0 Å². The van der Waals surface area contributed by atoms with Crippen LogP contribution in [-0.2, 0) is 17.9 Å². The van der Waals surface area contributed by atoms with Gasteiger partial charge in [-0.1, -0.05) is 37.3 Å². The Morgan fingerprint density at radius 2 is 1.90 bits per heavy atom. The molecule has 0 aliphatic heterocycles. The molecule has 1 N–H and O–H groups in total. The SMILES string of the molecule is CCOCc1ccccc1CNC(CC)c1cccs1. The molecule has 0 spiro atoms. The lowest BCUT2D eigenvalue weighted by Gasteiger charge is -2.17. The molecule has 0 saturated heterocycles. The van der Waals surface area contributed by atoms with Gasteiger partial charge in [0.15, 0.2) is 0 Å². The molecule has 0 aliphatic rings. The van der Waals surface area contributed by atoms with E-state index in [1.54, 1.807) is 0 Å². The summed E-state index contributed by atoms with van der Waals surface area (Å²) >= 11 is 1.82. The fourth-order valence-electron chi connectivity index (χ4n) is 2.25. The predicted molar refractivity (Wildman–Crippen MR) is 86.0 cm³/mol. The van der Waals surface area contributed by atoms with E-state index in [0.717, 1.165) is 19.6 Å². The first-order valence-corrected chi connectivity index (χ1v) is 8.14. The van der Waals surface area contributed by atoms with Crippen LogP contribution in [0.5, 0.6) is 0 Å². The minimum atomic E-state index is 0.440. The molecule has 0 amide bonds. The predicted octanol–water partition coefficient (Wildman–Crippen LogP) is 4.53. The Kier molecular flexibility index (Phi) is 6.25. The van der Waals surface area contributed by atoms with E-state index in [1.807, 2.05) is 18.3 Å². The van der Waals surface area contributed by atoms with Gasteiger partial charge in [0, 0.05) is 24.1 Å². The standard InChI is InChI=1S/C17H23NOS/c1-3-16(17-10-7-11-20-17)18-12-14-8-5-6-9-15(14)13-19-4-2/h5-11,16,18H,3-4,12-13H2,1-2H3. The molecule has 3 heteroatoms. The second-order valence-corrected chi connectivity index (χ2v) is 5.74. The number of hydrogen-bond acceptors (Lipinski definition) is 3. The molecule has 1 aromatic heterocycles. The van der Waals surface area contributed by atoms with Crippen LogP contribution in [0.3, 0.4) is 0 Å². The summed E-state index contributed by atoms with van der Waals surface area (Å²) in [5.74, 6) is 0. The second-order valence-electron chi connectivity index (χ2n) is 4.76. The van der Waals surface area contributed by atoms with E-state index in [4.69, 9.17) is 4.74 Å². The number of nitrogens with one attached hydrogen (secondary N) is 1. The van der Waals surface area contributed by atoms with Crippen molar-refractivity contribution in [3.05, 3.63) is 57.8 Å². The van der Waals surface area contributed by atoms with Crippen molar-refractivity contribution in [1.82, 2.24) is 5.32 Å². The third kappa shape index (κ3) is 4.17. The first kappa shape index (κ1) is 15.2. The fourth-order valence-corrected chi connectivity index (χ4v) is 3.14. The molecule has 0 aliphatic carbocycles. The Bertz CT molecular complexity index is 495. The summed E-state index contributed by atoms with van der Waals surface area (Å²) in [6.07, 6.45) is 1.11. The van der Waals surface area contributed by atoms with E-state index >= 15 is 0 Å². The average Bonchev–Trinajstić information content (AvgIpc) is 3.01. The highest BCUT2D eigenvalue weighted by Crippen LogP contribution is 2.22. The van der Waals surface area contributed by atoms with E-state index < -0.39 is 0 Å². The highest BCUT2D eigenvalue weighted by Gasteiger charge is 2.10. The van der Waals surface area contributed by atoms with Crippen molar-refractivity contribution in [2.45, 2.75) is 39.5 Å². The van der Waals surface area contributed by atoms with Crippen LogP contribution in [0.4, 0.5) is 0 Å². The zero-order chi connectivity index (χ0) is 14.2. The Labute approximate surface area is 125 Å². The third-order valence-electron chi connectivity index (χ3n) is 3.41. The summed E-state index contributed by atoms with van der Waals surface area (Å²) in [6, 6.07) is 13.3. The Morgan fingerprint density at radius 1 is 1.10 bits per heavy atom. The molecule has 2 aromatic rings. The van der Waals surface area contributed by atoms with Gasteiger partial charge in [0.1, 0.15) is 0 Å². The van der Waals surface area contributed by atoms with Crippen molar-refractivity contribution in [2.75, 3.05) is 6.61 Å². The lowest BCUT2D eigenvalue weighted by Crippen LogP contribution is -2.20. The minimum absolute atomic E-state index is 0.440. The average molecular weight is 289 g/mol. The van der Waals surface area contributed by atoms with Crippen molar-refractivity contribution in [2.24, 2.45) is 0 Å². The smallest absolute Gasteiger partial charge is 0.0719 e. The maximum absolute atomic E-state index is 5.54. The first-order valence-electron chi connectivity index (χ1n) is 7.26. The topological polar surface area (TPSA) is 21.3 Å². The van der Waals surface area contributed by atoms with E-state index in [0.29, 0.717) is 12.6 Å². The van der Waals surface area contributed by atoms with Gasteiger partial charge in [0.25, 0.3) is 0 Å². The van der Waals surface area contributed by atoms with Gasteiger partial charge >= 0.3 is 0 Å². The van der Waals surface area contributed by atoms with Gasteiger partial charge in [0.2, 0.25) is 0 Å². The number of ether oxygens (including phenoxy) is 1. The quantitative estimate of drug-likeness (QED) is 0.771. The lowest BCUT2D eigenvalue weighted by atomic mass is 10.1. The molecule has 1 heterocycles. The van der Waals surface area contributed by atoms with Gasteiger partial charge in [-0.05, 0) is 35.9 Å². The monoisotopic (exact) mass is 289 g/mol. The second kappa shape index (κ2) is 8.20. The number of rotatable bonds is 8. The first-order chi connectivity index (χ1) is 9.85. The number of thiophene rings is 1. The highest BCUT2D eigenvalue weighted by atomic mass is 32.1. The van der Waals surface area contributed by atoms with E-state index in [9.17, 15) is 0 Å². The van der Waals surface area contributed by atoms with Crippen LogP contribution in [0.15, 0.2) is 41.8 Å². The number of hydrogen-bond donors (Lipinski definition) is 1. The molecule has 1 aromatic carbocycles. The molecule has 108 valence electrons. The summed E-state index contributed by atoms with van der Waals surface area (Å²) in [7, 11) is 0. The van der Waals surface area contributed by atoms with E-state index in [2.05, 4.69) is 54.0 Å². The van der Waals surface area contributed by atoms with Gasteiger partial charge < -0.3 is 10.1 Å². The van der Waals surface area contributed by atoms with Crippen LogP contribution >= 0.6 is 11.3 Å². The molecule has 0 radical (unpaired) electrons. The Hall–Kier alpha value is -1.16. The van der Waals surface area contributed by atoms with Crippen LogP contribution in [0.25, 0.3) is 0 Å². The molecule has 2 rings (SSSR count). The van der Waals surface area contributed by atoms with Crippen LogP contribution in [0.2, 0.25) is 0 Å². The van der Waals surface area contributed by atoms with Gasteiger partial charge in [-0.2, -0.15) is 0 Å². The molecule has 1 atom stereocenters. The van der Waals surface area contributed by atoms with Gasteiger partial charge in [-0.3, -0.25) is 0 Å². The van der Waals surface area contributed by atoms with Crippen LogP contribution in [0.1, 0.15) is 42.3 Å². The highest BCUT2D eigenvalue weighted by molar-refractivity contribution is 7.10.